The maximum absolute atomic E-state index is 12.4. The van der Waals surface area contributed by atoms with E-state index in [1.807, 2.05) is 0 Å². The van der Waals surface area contributed by atoms with Crippen molar-refractivity contribution in [3.8, 4) is 0 Å². The first-order chi connectivity index (χ1) is 9.43. The summed E-state index contributed by atoms with van der Waals surface area (Å²) in [6, 6.07) is 6.38. The number of nitrogens with zero attached hydrogens (tertiary/aromatic N) is 3. The minimum absolute atomic E-state index is 0.0416. The van der Waals surface area contributed by atoms with E-state index in [4.69, 9.17) is 0 Å². The van der Waals surface area contributed by atoms with Gasteiger partial charge >= 0.3 is 5.69 Å². The molecule has 6 nitrogen and oxygen atoms in total. The fourth-order valence-corrected chi connectivity index (χ4v) is 1.95. The summed E-state index contributed by atoms with van der Waals surface area (Å²) in [5.74, 6) is -0.450. The van der Waals surface area contributed by atoms with Crippen LogP contribution in [-0.2, 0) is 0 Å². The number of carbonyl (C=O) groups is 1. The van der Waals surface area contributed by atoms with Crippen LogP contribution >= 0.6 is 0 Å². The van der Waals surface area contributed by atoms with E-state index < -0.39 is 5.78 Å². The zero-order valence-corrected chi connectivity index (χ0v) is 11.5. The van der Waals surface area contributed by atoms with E-state index in [0.29, 0.717) is 9.16 Å². The largest absolute Gasteiger partial charge is 0.805 e. The summed E-state index contributed by atoms with van der Waals surface area (Å²) in [7, 11) is 3.57. The molecule has 0 saturated carbocycles. The molecule has 0 aliphatic carbocycles. The van der Waals surface area contributed by atoms with E-state index in [-0.39, 0.29) is 22.4 Å². The van der Waals surface area contributed by atoms with Gasteiger partial charge in [0.15, 0.2) is 0 Å². The number of Topliss-reactive ketones (excluding diaryl/α,β-unsaturated/α-hetero) is 1. The minimum Gasteiger partial charge on any atom is -0.805 e. The number of para-hydroxylation sites is 2. The second-order valence-electron chi connectivity index (χ2n) is 4.65. The van der Waals surface area contributed by atoms with Crippen molar-refractivity contribution in [3.63, 3.8) is 0 Å². The zero-order chi connectivity index (χ0) is 14.9. The number of benzene rings is 1. The van der Waals surface area contributed by atoms with Crippen molar-refractivity contribution in [1.29, 1.82) is 0 Å². The summed E-state index contributed by atoms with van der Waals surface area (Å²) in [6.07, 6.45) is 3.08. The van der Waals surface area contributed by atoms with Crippen molar-refractivity contribution in [2.24, 2.45) is 0 Å². The molecular weight excluding hydrogens is 258 g/mol. The van der Waals surface area contributed by atoms with Crippen LogP contribution in [-0.4, -0.2) is 29.5 Å². The maximum atomic E-state index is 12.4. The molecule has 6 heteroatoms. The minimum atomic E-state index is -0.450. The number of fused-ring (bicyclic) bond motifs is 1. The Morgan fingerprint density at radius 3 is 2.60 bits per heavy atom. The predicted octanol–water partition coefficient (Wildman–Crippen LogP) is 1.64. The van der Waals surface area contributed by atoms with Crippen molar-refractivity contribution in [2.75, 3.05) is 14.1 Å². The normalized spacial score (nSPS) is 11.2. The monoisotopic (exact) mass is 273 g/mol. The van der Waals surface area contributed by atoms with Gasteiger partial charge in [0.2, 0.25) is 5.78 Å². The number of hydrogen-bond donors (Lipinski definition) is 0. The lowest BCUT2D eigenvalue weighted by atomic mass is 10.2. The molecule has 0 aliphatic rings. The van der Waals surface area contributed by atoms with Crippen molar-refractivity contribution in [3.05, 3.63) is 52.0 Å². The van der Waals surface area contributed by atoms with Gasteiger partial charge in [0.1, 0.15) is 11.2 Å². The lowest BCUT2D eigenvalue weighted by molar-refractivity contribution is -0.467. The SMILES string of the molecule is CC(=O)c1c(C=CN(C)C)n([O-])c2ccccc2[n+]1=O. The molecule has 0 amide bonds. The third-order valence-corrected chi connectivity index (χ3v) is 2.85. The third-order valence-electron chi connectivity index (χ3n) is 2.85. The Hall–Kier alpha value is -2.63. The molecule has 0 N–H and O–H groups in total. The van der Waals surface area contributed by atoms with E-state index in [1.165, 1.54) is 19.1 Å². The maximum Gasteiger partial charge on any atom is 0.329 e. The Bertz CT molecular complexity index is 760. The highest BCUT2D eigenvalue weighted by Crippen LogP contribution is 2.16. The molecule has 0 saturated heterocycles. The predicted molar refractivity (Wildman–Crippen MR) is 76.8 cm³/mol. The number of rotatable bonds is 3. The van der Waals surface area contributed by atoms with Crippen molar-refractivity contribution >= 4 is 22.9 Å². The summed E-state index contributed by atoms with van der Waals surface area (Å²) < 4.78 is 1.13. The molecule has 0 atom stereocenters. The molecule has 1 aromatic carbocycles. The molecule has 2 aromatic rings. The van der Waals surface area contributed by atoms with Crippen LogP contribution in [0.2, 0.25) is 0 Å². The van der Waals surface area contributed by atoms with Crippen LogP contribution in [0.5, 0.6) is 0 Å². The third kappa shape index (κ3) is 2.27. The molecule has 104 valence electrons. The summed E-state index contributed by atoms with van der Waals surface area (Å²) in [6.45, 7) is 1.27. The molecule has 0 radical (unpaired) electrons. The van der Waals surface area contributed by atoms with Gasteiger partial charge in [0.25, 0.3) is 5.52 Å². The fourth-order valence-electron chi connectivity index (χ4n) is 1.95. The number of hydrogen-bond acceptors (Lipinski definition) is 4. The topological polar surface area (TPSA) is 71.3 Å². The van der Waals surface area contributed by atoms with E-state index in [0.717, 1.165) is 0 Å². The summed E-state index contributed by atoms with van der Waals surface area (Å²) in [4.78, 5) is 25.7. The van der Waals surface area contributed by atoms with Gasteiger partial charge in [0.05, 0.1) is 4.43 Å². The first-order valence-electron chi connectivity index (χ1n) is 6.07. The molecule has 1 aromatic heterocycles. The van der Waals surface area contributed by atoms with Gasteiger partial charge in [-0.2, -0.15) is 0 Å². The number of carbonyl (C=O) groups excluding carboxylic acids is 1. The van der Waals surface area contributed by atoms with Crippen molar-refractivity contribution < 1.29 is 9.22 Å². The van der Waals surface area contributed by atoms with Gasteiger partial charge in [-0.15, -0.1) is 0 Å². The van der Waals surface area contributed by atoms with Crippen LogP contribution in [0.3, 0.4) is 0 Å². The van der Waals surface area contributed by atoms with Crippen LogP contribution < -0.4 is 4.43 Å². The first-order valence-corrected chi connectivity index (χ1v) is 6.07. The van der Waals surface area contributed by atoms with Crippen LogP contribution in [0.15, 0.2) is 30.5 Å². The molecule has 0 bridgehead atoms. The average molecular weight is 273 g/mol. The fraction of sp³-hybridized carbons (Fsp3) is 0.214. The lowest BCUT2D eigenvalue weighted by Gasteiger charge is -2.16. The Balaban J connectivity index is 2.90. The summed E-state index contributed by atoms with van der Waals surface area (Å²) >= 11 is 0. The van der Waals surface area contributed by atoms with Crippen LogP contribution in [0, 0.1) is 10.1 Å². The first kappa shape index (κ1) is 13.8. The molecule has 0 unspecified atom stereocenters. The Kier molecular flexibility index (Phi) is 3.56. The quantitative estimate of drug-likeness (QED) is 0.629. The summed E-state index contributed by atoms with van der Waals surface area (Å²) in [5, 5.41) is 12.4. The van der Waals surface area contributed by atoms with Gasteiger partial charge < -0.3 is 14.8 Å². The standard InChI is InChI=1S/C14H15N3O3/c1-10(18)14-13(8-9-15(2)3)16(19)11-6-4-5-7-12(11)17(14)20/h4-9H,1-3H3. The van der Waals surface area contributed by atoms with Crippen LogP contribution in [0.25, 0.3) is 17.1 Å². The van der Waals surface area contributed by atoms with Crippen molar-refractivity contribution in [2.45, 2.75) is 6.92 Å². The molecule has 20 heavy (non-hydrogen) atoms. The molecule has 1 heterocycles. The number of ketones is 1. The highest BCUT2D eigenvalue weighted by atomic mass is 16.5. The Morgan fingerprint density at radius 2 is 2.00 bits per heavy atom. The Labute approximate surface area is 115 Å². The average Bonchev–Trinajstić information content (AvgIpc) is 2.40. The molecular formula is C14H15N3O3. The van der Waals surface area contributed by atoms with E-state index in [9.17, 15) is 14.9 Å². The highest BCUT2D eigenvalue weighted by molar-refractivity contribution is 5.95. The van der Waals surface area contributed by atoms with Crippen LogP contribution in [0.1, 0.15) is 23.1 Å². The van der Waals surface area contributed by atoms with Gasteiger partial charge in [-0.3, -0.25) is 4.79 Å². The summed E-state index contributed by atoms with van der Waals surface area (Å²) in [5.41, 5.74) is 0.289. The van der Waals surface area contributed by atoms with Crippen molar-refractivity contribution in [1.82, 2.24) is 9.63 Å². The van der Waals surface area contributed by atoms with E-state index >= 15 is 0 Å². The molecule has 0 aliphatic heterocycles. The van der Waals surface area contributed by atoms with Gasteiger partial charge in [-0.05, 0) is 12.1 Å². The molecule has 0 spiro atoms. The molecule has 2 rings (SSSR count). The zero-order valence-electron chi connectivity index (χ0n) is 11.5. The molecule has 0 fully saturated rings. The van der Waals surface area contributed by atoms with Gasteiger partial charge in [0, 0.05) is 38.2 Å². The van der Waals surface area contributed by atoms with E-state index in [1.54, 1.807) is 43.4 Å². The van der Waals surface area contributed by atoms with Crippen LogP contribution in [0.4, 0.5) is 0 Å². The second kappa shape index (κ2) is 5.16. The highest BCUT2D eigenvalue weighted by Gasteiger charge is 2.24. The number of aromatic nitrogens is 2. The van der Waals surface area contributed by atoms with Gasteiger partial charge in [-0.25, -0.2) is 0 Å². The van der Waals surface area contributed by atoms with E-state index in [2.05, 4.69) is 0 Å². The van der Waals surface area contributed by atoms with Gasteiger partial charge in [-0.1, -0.05) is 12.1 Å². The lowest BCUT2D eigenvalue weighted by Crippen LogP contribution is -2.29. The smallest absolute Gasteiger partial charge is 0.329 e. The Morgan fingerprint density at radius 1 is 1.35 bits per heavy atom. The second-order valence-corrected chi connectivity index (χ2v) is 4.65.